The second kappa shape index (κ2) is 9.24. The van der Waals surface area contributed by atoms with E-state index >= 15 is 0 Å². The molecule has 4 nitrogen and oxygen atoms in total. The summed E-state index contributed by atoms with van der Waals surface area (Å²) in [5, 5.41) is 18.0. The smallest absolute Gasteiger partial charge is 0.430 e. The second-order valence-corrected chi connectivity index (χ2v) is 7.65. The summed E-state index contributed by atoms with van der Waals surface area (Å²) in [4.78, 5) is 10.9. The zero-order valence-corrected chi connectivity index (χ0v) is 17.2. The maximum absolute atomic E-state index is 12.9. The quantitative estimate of drug-likeness (QED) is 0.626. The lowest BCUT2D eigenvalue weighted by Crippen LogP contribution is -2.40. The van der Waals surface area contributed by atoms with Crippen molar-refractivity contribution in [3.05, 3.63) is 64.7 Å². The summed E-state index contributed by atoms with van der Waals surface area (Å²) >= 11 is 0. The van der Waals surface area contributed by atoms with Crippen molar-refractivity contribution in [3.63, 3.8) is 0 Å². The standard InChI is InChI=1S/C14H13F3O3.C9H12O/c1-7(2)8-3-4-9-5-10(13(18)19)12(14(15,16)17)20-11(9)6-8;1-7(2)8-4-3-5-9(10)6-8/h3-7,12H,1-2H3,(H,18,19);3-7,10H,1-2H3. The molecule has 0 spiro atoms. The minimum atomic E-state index is -4.77. The molecule has 30 heavy (non-hydrogen) atoms. The van der Waals surface area contributed by atoms with Gasteiger partial charge in [0.2, 0.25) is 6.10 Å². The van der Waals surface area contributed by atoms with E-state index in [0.29, 0.717) is 17.2 Å². The molecule has 0 radical (unpaired) electrons. The average molecular weight is 422 g/mol. The predicted molar refractivity (Wildman–Crippen MR) is 109 cm³/mol. The van der Waals surface area contributed by atoms with Crippen LogP contribution in [0.25, 0.3) is 6.08 Å². The van der Waals surface area contributed by atoms with Crippen molar-refractivity contribution in [1.29, 1.82) is 0 Å². The first-order valence-electron chi connectivity index (χ1n) is 9.51. The number of hydrogen-bond donors (Lipinski definition) is 2. The van der Waals surface area contributed by atoms with Crippen molar-refractivity contribution in [2.24, 2.45) is 0 Å². The molecule has 0 bridgehead atoms. The highest BCUT2D eigenvalue weighted by molar-refractivity contribution is 5.95. The Balaban J connectivity index is 0.000000269. The van der Waals surface area contributed by atoms with Gasteiger partial charge < -0.3 is 14.9 Å². The van der Waals surface area contributed by atoms with Gasteiger partial charge in [0.05, 0.1) is 5.57 Å². The fourth-order valence-corrected chi connectivity index (χ4v) is 2.87. The Kier molecular flexibility index (Phi) is 7.18. The third-order valence-electron chi connectivity index (χ3n) is 4.62. The molecule has 2 aromatic carbocycles. The fraction of sp³-hybridized carbons (Fsp3) is 0.348. The van der Waals surface area contributed by atoms with Crippen LogP contribution in [0.2, 0.25) is 0 Å². The van der Waals surface area contributed by atoms with Crippen LogP contribution in [0.4, 0.5) is 13.2 Å². The molecular formula is C23H25F3O4. The molecule has 162 valence electrons. The molecule has 1 unspecified atom stereocenters. The molecule has 1 aliphatic heterocycles. The number of fused-ring (bicyclic) bond motifs is 1. The second-order valence-electron chi connectivity index (χ2n) is 7.65. The van der Waals surface area contributed by atoms with Crippen molar-refractivity contribution in [2.45, 2.75) is 51.8 Å². The van der Waals surface area contributed by atoms with Crippen LogP contribution in [0, 0.1) is 0 Å². The summed E-state index contributed by atoms with van der Waals surface area (Å²) in [5.74, 6) is -0.592. The molecule has 2 N–H and O–H groups in total. The Morgan fingerprint density at radius 3 is 2.07 bits per heavy atom. The molecule has 7 heteroatoms. The molecule has 0 saturated heterocycles. The van der Waals surface area contributed by atoms with Crippen LogP contribution in [0.3, 0.4) is 0 Å². The van der Waals surface area contributed by atoms with Gasteiger partial charge in [-0.15, -0.1) is 0 Å². The number of benzene rings is 2. The summed E-state index contributed by atoms with van der Waals surface area (Å²) in [5.41, 5.74) is 1.55. The number of phenols is 1. The molecule has 0 saturated carbocycles. The number of halogens is 3. The van der Waals surface area contributed by atoms with Gasteiger partial charge in [-0.05, 0) is 47.2 Å². The van der Waals surface area contributed by atoms with Crippen LogP contribution in [-0.4, -0.2) is 28.5 Å². The molecule has 1 heterocycles. The maximum Gasteiger partial charge on any atom is 0.430 e. The predicted octanol–water partition coefficient (Wildman–Crippen LogP) is 6.12. The van der Waals surface area contributed by atoms with E-state index in [0.717, 1.165) is 11.6 Å². The number of carboxylic acid groups (broad SMARTS) is 1. The zero-order valence-electron chi connectivity index (χ0n) is 17.2. The summed E-state index contributed by atoms with van der Waals surface area (Å²) < 4.78 is 43.5. The van der Waals surface area contributed by atoms with Gasteiger partial charge in [-0.1, -0.05) is 52.0 Å². The van der Waals surface area contributed by atoms with E-state index in [4.69, 9.17) is 14.9 Å². The first kappa shape index (κ1) is 23.3. The van der Waals surface area contributed by atoms with Gasteiger partial charge in [-0.25, -0.2) is 4.79 Å². The average Bonchev–Trinajstić information content (AvgIpc) is 2.66. The van der Waals surface area contributed by atoms with E-state index in [1.165, 1.54) is 11.6 Å². The first-order chi connectivity index (χ1) is 13.9. The van der Waals surface area contributed by atoms with Crippen LogP contribution in [-0.2, 0) is 4.79 Å². The van der Waals surface area contributed by atoms with Gasteiger partial charge >= 0.3 is 12.1 Å². The van der Waals surface area contributed by atoms with Gasteiger partial charge in [0, 0.05) is 5.56 Å². The summed E-state index contributed by atoms with van der Waals surface area (Å²) in [6.07, 6.45) is -6.19. The Bertz CT molecular complexity index is 930. The monoisotopic (exact) mass is 422 g/mol. The van der Waals surface area contributed by atoms with Crippen molar-refractivity contribution in [1.82, 2.24) is 0 Å². The first-order valence-corrected chi connectivity index (χ1v) is 9.51. The topological polar surface area (TPSA) is 66.8 Å². The SMILES string of the molecule is CC(C)c1ccc2c(c1)OC(C(F)(F)F)C(C(=O)O)=C2.CC(C)c1cccc(O)c1. The van der Waals surface area contributed by atoms with Crippen LogP contribution in [0.5, 0.6) is 11.5 Å². The molecule has 1 atom stereocenters. The molecule has 0 fully saturated rings. The van der Waals surface area contributed by atoms with Crippen molar-refractivity contribution in [2.75, 3.05) is 0 Å². The van der Waals surface area contributed by atoms with Gasteiger partial charge in [0.1, 0.15) is 11.5 Å². The maximum atomic E-state index is 12.9. The summed E-state index contributed by atoms with van der Waals surface area (Å²) in [6, 6.07) is 12.2. The van der Waals surface area contributed by atoms with Crippen LogP contribution < -0.4 is 4.74 Å². The van der Waals surface area contributed by atoms with Crippen LogP contribution in [0.15, 0.2) is 48.0 Å². The Morgan fingerprint density at radius 1 is 1.00 bits per heavy atom. The molecule has 2 aromatic rings. The van der Waals surface area contributed by atoms with Gasteiger partial charge in [0.25, 0.3) is 0 Å². The van der Waals surface area contributed by atoms with Crippen LogP contribution >= 0.6 is 0 Å². The number of alkyl halides is 3. The van der Waals surface area contributed by atoms with Crippen LogP contribution in [0.1, 0.15) is 56.2 Å². The summed E-state index contributed by atoms with van der Waals surface area (Å²) in [7, 11) is 0. The number of carbonyl (C=O) groups is 1. The van der Waals surface area contributed by atoms with Gasteiger partial charge in [-0.2, -0.15) is 13.2 Å². The number of aliphatic carboxylic acids is 1. The normalized spacial score (nSPS) is 15.6. The van der Waals surface area contributed by atoms with E-state index < -0.39 is 23.8 Å². The Morgan fingerprint density at radius 2 is 1.60 bits per heavy atom. The number of phenolic OH excluding ortho intramolecular Hbond substituents is 1. The molecule has 0 amide bonds. The zero-order chi connectivity index (χ0) is 22.6. The van der Waals surface area contributed by atoms with Crippen molar-refractivity contribution < 1.29 is 32.9 Å². The van der Waals surface area contributed by atoms with Gasteiger partial charge in [0.15, 0.2) is 0 Å². The third-order valence-corrected chi connectivity index (χ3v) is 4.62. The van der Waals surface area contributed by atoms with Crippen molar-refractivity contribution >= 4 is 12.0 Å². The van der Waals surface area contributed by atoms with Gasteiger partial charge in [-0.3, -0.25) is 0 Å². The minimum Gasteiger partial charge on any atom is -0.508 e. The number of ether oxygens (including phenoxy) is 1. The van der Waals surface area contributed by atoms with Crippen molar-refractivity contribution in [3.8, 4) is 11.5 Å². The molecule has 0 aromatic heterocycles. The highest BCUT2D eigenvalue weighted by Crippen LogP contribution is 2.38. The Labute approximate surface area is 173 Å². The highest BCUT2D eigenvalue weighted by Gasteiger charge is 2.48. The summed E-state index contributed by atoms with van der Waals surface area (Å²) in [6.45, 7) is 8.03. The lowest BCUT2D eigenvalue weighted by atomic mass is 9.96. The van der Waals surface area contributed by atoms with E-state index in [2.05, 4.69) is 13.8 Å². The van der Waals surface area contributed by atoms with E-state index in [1.54, 1.807) is 24.3 Å². The highest BCUT2D eigenvalue weighted by atomic mass is 19.4. The van der Waals surface area contributed by atoms with E-state index in [1.807, 2.05) is 26.0 Å². The Hall–Kier alpha value is -2.96. The van der Waals surface area contributed by atoms with E-state index in [9.17, 15) is 18.0 Å². The third kappa shape index (κ3) is 5.78. The number of rotatable bonds is 3. The molecular weight excluding hydrogens is 397 g/mol. The fourth-order valence-electron chi connectivity index (χ4n) is 2.87. The number of hydrogen-bond acceptors (Lipinski definition) is 3. The lowest BCUT2D eigenvalue weighted by molar-refractivity contribution is -0.187. The molecule has 0 aliphatic carbocycles. The lowest BCUT2D eigenvalue weighted by Gasteiger charge is -2.27. The largest absolute Gasteiger partial charge is 0.508 e. The minimum absolute atomic E-state index is 0.0588. The van der Waals surface area contributed by atoms with E-state index in [-0.39, 0.29) is 11.7 Å². The molecule has 3 rings (SSSR count). The molecule has 1 aliphatic rings. The number of carboxylic acids is 1. The number of aromatic hydroxyl groups is 1.